The highest BCUT2D eigenvalue weighted by atomic mass is 32.2. The number of hydrogen-bond acceptors (Lipinski definition) is 3. The minimum Gasteiger partial charge on any atom is -0.481 e. The zero-order valence-electron chi connectivity index (χ0n) is 8.77. The summed E-state index contributed by atoms with van der Waals surface area (Å²) in [4.78, 5) is 10.8. The molecule has 6 heteroatoms. The Morgan fingerprint density at radius 1 is 1.47 bits per heavy atom. The minimum atomic E-state index is -3.29. The lowest BCUT2D eigenvalue weighted by molar-refractivity contribution is -0.141. The van der Waals surface area contributed by atoms with Crippen LogP contribution in [0.3, 0.4) is 0 Å². The van der Waals surface area contributed by atoms with E-state index < -0.39 is 28.0 Å². The van der Waals surface area contributed by atoms with E-state index >= 15 is 0 Å². The summed E-state index contributed by atoms with van der Waals surface area (Å²) in [5, 5.41) is 8.88. The molecule has 2 atom stereocenters. The third kappa shape index (κ3) is 3.46. The third-order valence-electron chi connectivity index (χ3n) is 2.64. The Morgan fingerprint density at radius 2 is 2.13 bits per heavy atom. The summed E-state index contributed by atoms with van der Waals surface area (Å²) in [5.74, 6) is -1.40. The summed E-state index contributed by atoms with van der Waals surface area (Å²) in [6.45, 7) is 1.78. The molecule has 15 heavy (non-hydrogen) atoms. The molecule has 0 radical (unpaired) electrons. The van der Waals surface area contributed by atoms with E-state index in [2.05, 4.69) is 4.72 Å². The fourth-order valence-corrected chi connectivity index (χ4v) is 3.35. The second-order valence-corrected chi connectivity index (χ2v) is 5.79. The first kappa shape index (κ1) is 12.4. The van der Waals surface area contributed by atoms with E-state index in [0.29, 0.717) is 19.3 Å². The van der Waals surface area contributed by atoms with Crippen molar-refractivity contribution in [2.24, 2.45) is 5.92 Å². The highest BCUT2D eigenvalue weighted by molar-refractivity contribution is 7.89. The van der Waals surface area contributed by atoms with E-state index in [1.807, 2.05) is 0 Å². The monoisotopic (exact) mass is 235 g/mol. The third-order valence-corrected chi connectivity index (χ3v) is 4.24. The smallest absolute Gasteiger partial charge is 0.308 e. The normalized spacial score (nSPS) is 26.7. The van der Waals surface area contributed by atoms with Gasteiger partial charge in [-0.15, -0.1) is 0 Å². The molecule has 88 valence electrons. The van der Waals surface area contributed by atoms with Crippen molar-refractivity contribution in [2.45, 2.75) is 38.6 Å². The summed E-state index contributed by atoms with van der Waals surface area (Å²) >= 11 is 0. The molecular weight excluding hydrogens is 218 g/mol. The second-order valence-electron chi connectivity index (χ2n) is 3.92. The predicted molar refractivity (Wildman–Crippen MR) is 56.0 cm³/mol. The molecule has 0 aromatic rings. The number of hydrogen-bond donors (Lipinski definition) is 2. The molecule has 1 fully saturated rings. The van der Waals surface area contributed by atoms with Crippen LogP contribution < -0.4 is 4.72 Å². The molecule has 0 aromatic heterocycles. The van der Waals surface area contributed by atoms with Gasteiger partial charge in [0.2, 0.25) is 10.0 Å². The summed E-state index contributed by atoms with van der Waals surface area (Å²) in [5.41, 5.74) is 0. The summed E-state index contributed by atoms with van der Waals surface area (Å²) < 4.78 is 25.4. The molecule has 5 nitrogen and oxygen atoms in total. The van der Waals surface area contributed by atoms with Gasteiger partial charge in [0, 0.05) is 6.04 Å². The molecule has 1 rings (SSSR count). The van der Waals surface area contributed by atoms with Crippen LogP contribution in [0, 0.1) is 5.92 Å². The molecule has 1 aliphatic rings. The van der Waals surface area contributed by atoms with Gasteiger partial charge in [-0.2, -0.15) is 0 Å². The van der Waals surface area contributed by atoms with Gasteiger partial charge in [-0.05, 0) is 19.3 Å². The SMILES string of the molecule is CCCS(=O)(=O)NC1CCCC1C(=O)O. The van der Waals surface area contributed by atoms with E-state index in [9.17, 15) is 13.2 Å². The van der Waals surface area contributed by atoms with Crippen molar-refractivity contribution in [1.29, 1.82) is 0 Å². The van der Waals surface area contributed by atoms with Crippen molar-refractivity contribution in [3.63, 3.8) is 0 Å². The van der Waals surface area contributed by atoms with Crippen molar-refractivity contribution >= 4 is 16.0 Å². The van der Waals surface area contributed by atoms with Crippen molar-refractivity contribution < 1.29 is 18.3 Å². The predicted octanol–water partition coefficient (Wildman–Crippen LogP) is 0.569. The maximum atomic E-state index is 11.5. The van der Waals surface area contributed by atoms with Crippen molar-refractivity contribution in [2.75, 3.05) is 5.75 Å². The van der Waals surface area contributed by atoms with Crippen LogP contribution in [-0.2, 0) is 14.8 Å². The fraction of sp³-hybridized carbons (Fsp3) is 0.889. The number of aliphatic carboxylic acids is 1. The molecule has 0 spiro atoms. The van der Waals surface area contributed by atoms with Crippen LogP contribution in [0.2, 0.25) is 0 Å². The molecule has 1 aliphatic carbocycles. The molecule has 0 aromatic carbocycles. The first-order valence-corrected chi connectivity index (χ1v) is 6.84. The maximum absolute atomic E-state index is 11.5. The molecule has 2 N–H and O–H groups in total. The molecule has 0 amide bonds. The van der Waals surface area contributed by atoms with E-state index in [0.717, 1.165) is 6.42 Å². The Kier molecular flexibility index (Phi) is 4.10. The number of carbonyl (C=O) groups is 1. The van der Waals surface area contributed by atoms with Gasteiger partial charge in [0.25, 0.3) is 0 Å². The van der Waals surface area contributed by atoms with Gasteiger partial charge in [-0.1, -0.05) is 13.3 Å². The van der Waals surface area contributed by atoms with Gasteiger partial charge in [0.1, 0.15) is 0 Å². The Bertz CT molecular complexity index is 325. The first-order chi connectivity index (χ1) is 6.96. The lowest BCUT2D eigenvalue weighted by Gasteiger charge is -2.17. The Hall–Kier alpha value is -0.620. The van der Waals surface area contributed by atoms with E-state index in [-0.39, 0.29) is 5.75 Å². The number of nitrogens with one attached hydrogen (secondary N) is 1. The Labute approximate surface area is 89.9 Å². The second kappa shape index (κ2) is 4.94. The zero-order valence-corrected chi connectivity index (χ0v) is 9.59. The zero-order chi connectivity index (χ0) is 11.5. The minimum absolute atomic E-state index is 0.0653. The summed E-state index contributed by atoms with van der Waals surface area (Å²) in [6, 6.07) is -0.418. The number of carboxylic acid groups (broad SMARTS) is 1. The summed E-state index contributed by atoms with van der Waals surface area (Å²) in [6.07, 6.45) is 2.50. The lowest BCUT2D eigenvalue weighted by Crippen LogP contribution is -2.41. The van der Waals surface area contributed by atoms with Crippen LogP contribution >= 0.6 is 0 Å². The molecule has 2 unspecified atom stereocenters. The lowest BCUT2D eigenvalue weighted by atomic mass is 10.1. The average Bonchev–Trinajstić information content (AvgIpc) is 2.50. The van der Waals surface area contributed by atoms with Crippen LogP contribution in [0.4, 0.5) is 0 Å². The maximum Gasteiger partial charge on any atom is 0.308 e. The van der Waals surface area contributed by atoms with Gasteiger partial charge in [-0.25, -0.2) is 13.1 Å². The van der Waals surface area contributed by atoms with Crippen molar-refractivity contribution in [3.05, 3.63) is 0 Å². The molecule has 0 bridgehead atoms. The van der Waals surface area contributed by atoms with Gasteiger partial charge in [0.05, 0.1) is 11.7 Å². The van der Waals surface area contributed by atoms with Crippen LogP contribution in [0.5, 0.6) is 0 Å². The topological polar surface area (TPSA) is 83.5 Å². The van der Waals surface area contributed by atoms with Crippen LogP contribution in [0.15, 0.2) is 0 Å². The number of sulfonamides is 1. The van der Waals surface area contributed by atoms with Crippen molar-refractivity contribution in [1.82, 2.24) is 4.72 Å². The molecule has 0 heterocycles. The van der Waals surface area contributed by atoms with Crippen LogP contribution in [0.25, 0.3) is 0 Å². The molecule has 0 aliphatic heterocycles. The quantitative estimate of drug-likeness (QED) is 0.729. The standard InChI is InChI=1S/C9H17NO4S/c1-2-6-15(13,14)10-8-5-3-4-7(8)9(11)12/h7-8,10H,2-6H2,1H3,(H,11,12). The molecule has 0 saturated heterocycles. The Balaban J connectivity index is 2.61. The first-order valence-electron chi connectivity index (χ1n) is 5.19. The van der Waals surface area contributed by atoms with Crippen molar-refractivity contribution in [3.8, 4) is 0 Å². The van der Waals surface area contributed by atoms with Gasteiger partial charge < -0.3 is 5.11 Å². The van der Waals surface area contributed by atoms with E-state index in [1.165, 1.54) is 0 Å². The van der Waals surface area contributed by atoms with E-state index in [4.69, 9.17) is 5.11 Å². The number of rotatable bonds is 5. The molecule has 1 saturated carbocycles. The van der Waals surface area contributed by atoms with Crippen LogP contribution in [-0.4, -0.2) is 31.3 Å². The Morgan fingerprint density at radius 3 is 2.67 bits per heavy atom. The van der Waals surface area contributed by atoms with E-state index in [1.54, 1.807) is 6.92 Å². The largest absolute Gasteiger partial charge is 0.481 e. The van der Waals surface area contributed by atoms with Crippen LogP contribution in [0.1, 0.15) is 32.6 Å². The highest BCUT2D eigenvalue weighted by Gasteiger charge is 2.35. The van der Waals surface area contributed by atoms with Gasteiger partial charge in [-0.3, -0.25) is 4.79 Å². The average molecular weight is 235 g/mol. The van der Waals surface area contributed by atoms with Gasteiger partial charge >= 0.3 is 5.97 Å². The number of carboxylic acids is 1. The summed E-state index contributed by atoms with van der Waals surface area (Å²) in [7, 11) is -3.29. The molecular formula is C9H17NO4S. The highest BCUT2D eigenvalue weighted by Crippen LogP contribution is 2.26. The fourth-order valence-electron chi connectivity index (χ4n) is 1.95. The van der Waals surface area contributed by atoms with Gasteiger partial charge in [0.15, 0.2) is 0 Å².